The van der Waals surface area contributed by atoms with Crippen molar-refractivity contribution in [3.05, 3.63) is 53.0 Å². The fourth-order valence-corrected chi connectivity index (χ4v) is 2.86. The molecule has 1 aromatic carbocycles. The molecular weight excluding hydrogens is 307 g/mol. The van der Waals surface area contributed by atoms with Crippen LogP contribution >= 0.6 is 0 Å². The average molecular weight is 328 g/mol. The number of rotatable bonds is 4. The van der Waals surface area contributed by atoms with Crippen molar-refractivity contribution in [1.82, 2.24) is 15.5 Å². The van der Waals surface area contributed by atoms with Gasteiger partial charge in [0.25, 0.3) is 0 Å². The van der Waals surface area contributed by atoms with E-state index in [0.29, 0.717) is 17.7 Å². The topological polar surface area (TPSA) is 58.1 Å². The molecule has 1 aliphatic rings. The van der Waals surface area contributed by atoms with Gasteiger partial charge in [0.05, 0.1) is 12.1 Å². The third-order valence-corrected chi connectivity index (χ3v) is 4.26. The van der Waals surface area contributed by atoms with Crippen LogP contribution in [0.4, 0.5) is 10.2 Å². The lowest BCUT2D eigenvalue weighted by Gasteiger charge is -2.17. The molecule has 1 amide bonds. The monoisotopic (exact) mass is 328 g/mol. The van der Waals surface area contributed by atoms with E-state index in [1.807, 2.05) is 19.1 Å². The second-order valence-corrected chi connectivity index (χ2v) is 6.29. The van der Waals surface area contributed by atoms with Crippen molar-refractivity contribution in [2.24, 2.45) is 0 Å². The first kappa shape index (κ1) is 16.4. The third kappa shape index (κ3) is 3.88. The van der Waals surface area contributed by atoms with E-state index in [1.54, 1.807) is 19.1 Å². The van der Waals surface area contributed by atoms with E-state index in [9.17, 15) is 9.18 Å². The maximum atomic E-state index is 13.6. The number of aryl methyl sites for hydroxylation is 2. The first-order chi connectivity index (χ1) is 11.5. The smallest absolute Gasteiger partial charge is 0.224 e. The summed E-state index contributed by atoms with van der Waals surface area (Å²) in [6.07, 6.45) is 1.06. The van der Waals surface area contributed by atoms with Crippen molar-refractivity contribution >= 4 is 11.7 Å². The molecule has 0 radical (unpaired) electrons. The molecule has 24 heavy (non-hydrogen) atoms. The zero-order valence-corrected chi connectivity index (χ0v) is 13.9. The van der Waals surface area contributed by atoms with E-state index in [1.165, 1.54) is 6.07 Å². The second kappa shape index (κ2) is 6.95. The van der Waals surface area contributed by atoms with Crippen LogP contribution in [0, 0.1) is 19.7 Å². The highest BCUT2D eigenvalue weighted by molar-refractivity contribution is 5.79. The summed E-state index contributed by atoms with van der Waals surface area (Å²) < 4.78 is 13.6. The van der Waals surface area contributed by atoms with Crippen molar-refractivity contribution in [2.75, 3.05) is 18.0 Å². The summed E-state index contributed by atoms with van der Waals surface area (Å²) in [4.78, 5) is 14.3. The van der Waals surface area contributed by atoms with E-state index in [2.05, 4.69) is 20.4 Å². The number of nitrogens with one attached hydrogen (secondary N) is 1. The number of hydrogen-bond acceptors (Lipinski definition) is 4. The molecule has 1 atom stereocenters. The largest absolute Gasteiger partial charge is 0.353 e. The highest BCUT2D eigenvalue weighted by Gasteiger charge is 2.25. The van der Waals surface area contributed by atoms with Gasteiger partial charge in [-0.25, -0.2) is 4.39 Å². The van der Waals surface area contributed by atoms with Crippen LogP contribution in [0.2, 0.25) is 0 Å². The second-order valence-electron chi connectivity index (χ2n) is 6.29. The molecule has 1 saturated heterocycles. The number of nitrogens with zero attached hydrogens (tertiary/aromatic N) is 3. The standard InChI is InChI=1S/C18H21FN4O/c1-12-3-5-14(9-16(12)19)10-18(24)20-15-7-8-23(11-15)17-6-4-13(2)21-22-17/h3-6,9,15H,7-8,10-11H2,1-2H3,(H,20,24)/t15-/m0/s1. The van der Waals surface area contributed by atoms with E-state index < -0.39 is 0 Å². The Morgan fingerprint density at radius 2 is 2.12 bits per heavy atom. The minimum Gasteiger partial charge on any atom is -0.353 e. The maximum absolute atomic E-state index is 13.6. The third-order valence-electron chi connectivity index (χ3n) is 4.26. The van der Waals surface area contributed by atoms with Crippen molar-refractivity contribution in [3.63, 3.8) is 0 Å². The van der Waals surface area contributed by atoms with Crippen LogP contribution in [0.3, 0.4) is 0 Å². The molecule has 1 fully saturated rings. The first-order valence-corrected chi connectivity index (χ1v) is 8.11. The summed E-state index contributed by atoms with van der Waals surface area (Å²) in [5.41, 5.74) is 2.16. The van der Waals surface area contributed by atoms with Gasteiger partial charge in [-0.1, -0.05) is 12.1 Å². The van der Waals surface area contributed by atoms with Crippen LogP contribution in [0.1, 0.15) is 23.2 Å². The number of benzene rings is 1. The van der Waals surface area contributed by atoms with Gasteiger partial charge in [0, 0.05) is 19.1 Å². The summed E-state index contributed by atoms with van der Waals surface area (Å²) in [6, 6.07) is 8.88. The lowest BCUT2D eigenvalue weighted by Crippen LogP contribution is -2.38. The van der Waals surface area contributed by atoms with E-state index in [4.69, 9.17) is 0 Å². The zero-order chi connectivity index (χ0) is 17.1. The van der Waals surface area contributed by atoms with Crippen LogP contribution in [0.15, 0.2) is 30.3 Å². The lowest BCUT2D eigenvalue weighted by molar-refractivity contribution is -0.121. The Bertz CT molecular complexity index is 732. The summed E-state index contributed by atoms with van der Waals surface area (Å²) >= 11 is 0. The lowest BCUT2D eigenvalue weighted by atomic mass is 10.1. The van der Waals surface area contributed by atoms with Gasteiger partial charge in [0.2, 0.25) is 5.91 Å². The Kier molecular flexibility index (Phi) is 4.74. The van der Waals surface area contributed by atoms with Crippen LogP contribution < -0.4 is 10.2 Å². The van der Waals surface area contributed by atoms with Gasteiger partial charge in [-0.15, -0.1) is 5.10 Å². The van der Waals surface area contributed by atoms with Crippen LogP contribution in [-0.2, 0) is 11.2 Å². The Balaban J connectivity index is 1.54. The van der Waals surface area contributed by atoms with Gasteiger partial charge >= 0.3 is 0 Å². The van der Waals surface area contributed by atoms with E-state index in [0.717, 1.165) is 24.5 Å². The molecular formula is C18H21FN4O. The van der Waals surface area contributed by atoms with Crippen LogP contribution in [0.5, 0.6) is 0 Å². The number of aromatic nitrogens is 2. The molecule has 1 aromatic heterocycles. The van der Waals surface area contributed by atoms with Crippen molar-refractivity contribution in [3.8, 4) is 0 Å². The number of amides is 1. The number of hydrogen-bond donors (Lipinski definition) is 1. The number of carbonyl (C=O) groups is 1. The van der Waals surface area contributed by atoms with Gasteiger partial charge in [0.15, 0.2) is 5.82 Å². The summed E-state index contributed by atoms with van der Waals surface area (Å²) in [6.45, 7) is 5.16. The number of carbonyl (C=O) groups excluding carboxylic acids is 1. The van der Waals surface area contributed by atoms with E-state index in [-0.39, 0.29) is 24.2 Å². The van der Waals surface area contributed by atoms with Gasteiger partial charge in [-0.3, -0.25) is 4.79 Å². The molecule has 1 N–H and O–H groups in total. The normalized spacial score (nSPS) is 17.1. The van der Waals surface area contributed by atoms with Crippen LogP contribution in [-0.4, -0.2) is 35.2 Å². The molecule has 0 saturated carbocycles. The molecule has 0 spiro atoms. The van der Waals surface area contributed by atoms with Crippen LogP contribution in [0.25, 0.3) is 0 Å². The summed E-state index contributed by atoms with van der Waals surface area (Å²) in [7, 11) is 0. The van der Waals surface area contributed by atoms with Gasteiger partial charge in [-0.05, 0) is 49.6 Å². The molecule has 2 aromatic rings. The molecule has 0 bridgehead atoms. The molecule has 6 heteroatoms. The Labute approximate surface area is 140 Å². The Morgan fingerprint density at radius 3 is 2.83 bits per heavy atom. The summed E-state index contributed by atoms with van der Waals surface area (Å²) in [5, 5.41) is 11.3. The molecule has 2 heterocycles. The van der Waals surface area contributed by atoms with Crippen molar-refractivity contribution in [2.45, 2.75) is 32.7 Å². The Morgan fingerprint density at radius 1 is 1.29 bits per heavy atom. The molecule has 126 valence electrons. The first-order valence-electron chi connectivity index (χ1n) is 8.11. The minimum atomic E-state index is -0.273. The molecule has 1 aliphatic heterocycles. The summed E-state index contributed by atoms with van der Waals surface area (Å²) in [5.74, 6) is 0.475. The van der Waals surface area contributed by atoms with Gasteiger partial charge < -0.3 is 10.2 Å². The Hall–Kier alpha value is -2.50. The quantitative estimate of drug-likeness (QED) is 0.934. The molecule has 0 unspecified atom stereocenters. The van der Waals surface area contributed by atoms with Gasteiger partial charge in [-0.2, -0.15) is 5.10 Å². The minimum absolute atomic E-state index is 0.0795. The number of halogens is 1. The average Bonchev–Trinajstić information content (AvgIpc) is 3.00. The highest BCUT2D eigenvalue weighted by Crippen LogP contribution is 2.17. The highest BCUT2D eigenvalue weighted by atomic mass is 19.1. The predicted molar refractivity (Wildman–Crippen MR) is 90.4 cm³/mol. The fourth-order valence-electron chi connectivity index (χ4n) is 2.86. The SMILES string of the molecule is Cc1ccc(N2CC[C@H](NC(=O)Cc3ccc(C)c(F)c3)C2)nn1. The molecule has 5 nitrogen and oxygen atoms in total. The maximum Gasteiger partial charge on any atom is 0.224 e. The van der Waals surface area contributed by atoms with Gasteiger partial charge in [0.1, 0.15) is 5.82 Å². The van der Waals surface area contributed by atoms with E-state index >= 15 is 0 Å². The molecule has 3 rings (SSSR count). The number of anilines is 1. The fraction of sp³-hybridized carbons (Fsp3) is 0.389. The zero-order valence-electron chi connectivity index (χ0n) is 13.9. The molecule has 0 aliphatic carbocycles. The van der Waals surface area contributed by atoms with Crippen molar-refractivity contribution < 1.29 is 9.18 Å². The van der Waals surface area contributed by atoms with Crippen molar-refractivity contribution in [1.29, 1.82) is 0 Å². The predicted octanol–water partition coefficient (Wildman–Crippen LogP) is 2.17.